The van der Waals surface area contributed by atoms with Gasteiger partial charge in [-0.05, 0) is 48.8 Å². The zero-order valence-corrected chi connectivity index (χ0v) is 18.7. The smallest absolute Gasteiger partial charge is 0.224 e. The summed E-state index contributed by atoms with van der Waals surface area (Å²) in [6.45, 7) is 12.9. The van der Waals surface area contributed by atoms with Gasteiger partial charge in [0, 0.05) is 6.54 Å². The zero-order valence-electron chi connectivity index (χ0n) is 17.7. The van der Waals surface area contributed by atoms with Crippen molar-refractivity contribution in [2.24, 2.45) is 0 Å². The largest absolute Gasteiger partial charge is 0.438 e. The minimum atomic E-state index is -1.96. The highest BCUT2D eigenvalue weighted by atomic mass is 28.4. The molecular formula is C23H32N2O2Si. The van der Waals surface area contributed by atoms with Gasteiger partial charge >= 0.3 is 0 Å². The average molecular weight is 397 g/mol. The second kappa shape index (κ2) is 8.60. The van der Waals surface area contributed by atoms with Crippen LogP contribution in [0.4, 0.5) is 0 Å². The summed E-state index contributed by atoms with van der Waals surface area (Å²) in [7, 11) is -1.96. The first-order valence-electron chi connectivity index (χ1n) is 10.0. The number of para-hydroxylation sites is 2. The summed E-state index contributed by atoms with van der Waals surface area (Å²) >= 11 is 0. The van der Waals surface area contributed by atoms with Crippen LogP contribution in [0.2, 0.25) is 18.1 Å². The predicted octanol–water partition coefficient (Wildman–Crippen LogP) is 5.72. The van der Waals surface area contributed by atoms with Gasteiger partial charge in [-0.25, -0.2) is 4.98 Å². The Balaban J connectivity index is 1.72. The second-order valence-electron chi connectivity index (χ2n) is 8.83. The van der Waals surface area contributed by atoms with Crippen LogP contribution in [0.3, 0.4) is 0 Å². The summed E-state index contributed by atoms with van der Waals surface area (Å²) in [5, 5.41) is 3.67. The SMILES string of the molecule is CC(C)(C)[Si](C)(C)OC(CNCCc1ccccc1)c1nc2ccccc2o1. The highest BCUT2D eigenvalue weighted by Gasteiger charge is 2.40. The Kier molecular flexibility index (Phi) is 6.38. The molecular weight excluding hydrogens is 364 g/mol. The van der Waals surface area contributed by atoms with Crippen molar-refractivity contribution >= 4 is 19.4 Å². The molecule has 2 aromatic carbocycles. The van der Waals surface area contributed by atoms with Crippen LogP contribution in [0.5, 0.6) is 0 Å². The molecule has 5 heteroatoms. The van der Waals surface area contributed by atoms with Crippen LogP contribution in [0, 0.1) is 0 Å². The van der Waals surface area contributed by atoms with Crippen LogP contribution in [0.25, 0.3) is 11.1 Å². The van der Waals surface area contributed by atoms with Crippen LogP contribution in [0.1, 0.15) is 38.3 Å². The van der Waals surface area contributed by atoms with Crippen molar-refractivity contribution in [3.8, 4) is 0 Å². The van der Waals surface area contributed by atoms with E-state index in [1.807, 2.05) is 30.3 Å². The van der Waals surface area contributed by atoms with E-state index in [1.165, 1.54) is 5.56 Å². The van der Waals surface area contributed by atoms with Crippen molar-refractivity contribution < 1.29 is 8.84 Å². The standard InChI is InChI=1S/C23H32N2O2Si/c1-23(2,3)28(4,5)27-21(17-24-16-15-18-11-7-6-8-12-18)22-25-19-13-9-10-14-20(19)26-22/h6-14,21,24H,15-17H2,1-5H3. The molecule has 0 saturated heterocycles. The normalized spacial score (nSPS) is 13.8. The Hall–Kier alpha value is -1.95. The van der Waals surface area contributed by atoms with Gasteiger partial charge in [-0.2, -0.15) is 0 Å². The van der Waals surface area contributed by atoms with Gasteiger partial charge in [-0.3, -0.25) is 0 Å². The minimum Gasteiger partial charge on any atom is -0.438 e. The van der Waals surface area contributed by atoms with Crippen molar-refractivity contribution in [2.45, 2.75) is 51.4 Å². The van der Waals surface area contributed by atoms with Crippen molar-refractivity contribution in [3.05, 3.63) is 66.1 Å². The number of nitrogens with one attached hydrogen (secondary N) is 1. The summed E-state index contributed by atoms with van der Waals surface area (Å²) in [5.41, 5.74) is 3.02. The Morgan fingerprint density at radius 2 is 1.71 bits per heavy atom. The number of hydrogen-bond donors (Lipinski definition) is 1. The monoisotopic (exact) mass is 396 g/mol. The molecule has 3 rings (SSSR count). The second-order valence-corrected chi connectivity index (χ2v) is 13.6. The molecule has 1 unspecified atom stereocenters. The van der Waals surface area contributed by atoms with Crippen LogP contribution in [-0.4, -0.2) is 26.4 Å². The molecule has 150 valence electrons. The molecule has 0 saturated carbocycles. The molecule has 28 heavy (non-hydrogen) atoms. The van der Waals surface area contributed by atoms with E-state index in [9.17, 15) is 0 Å². The first-order valence-corrected chi connectivity index (χ1v) is 12.9. The lowest BCUT2D eigenvalue weighted by atomic mass is 10.1. The summed E-state index contributed by atoms with van der Waals surface area (Å²) in [6.07, 6.45) is 0.797. The summed E-state index contributed by atoms with van der Waals surface area (Å²) in [6, 6.07) is 18.4. The lowest BCUT2D eigenvalue weighted by Gasteiger charge is -2.38. The topological polar surface area (TPSA) is 47.3 Å². The molecule has 1 heterocycles. The van der Waals surface area contributed by atoms with Crippen LogP contribution in [-0.2, 0) is 10.8 Å². The minimum absolute atomic E-state index is 0.126. The van der Waals surface area contributed by atoms with Gasteiger partial charge in [-0.15, -0.1) is 0 Å². The zero-order chi connectivity index (χ0) is 20.2. The van der Waals surface area contributed by atoms with E-state index in [0.717, 1.165) is 24.1 Å². The molecule has 1 aromatic heterocycles. The van der Waals surface area contributed by atoms with Gasteiger partial charge in [0.1, 0.15) is 11.6 Å². The first kappa shape index (κ1) is 20.8. The first-order chi connectivity index (χ1) is 13.3. The maximum Gasteiger partial charge on any atom is 0.224 e. The van der Waals surface area contributed by atoms with Gasteiger partial charge in [0.15, 0.2) is 13.9 Å². The molecule has 0 fully saturated rings. The number of aromatic nitrogens is 1. The summed E-state index contributed by atoms with van der Waals surface area (Å²) < 4.78 is 12.7. The van der Waals surface area contributed by atoms with E-state index >= 15 is 0 Å². The van der Waals surface area contributed by atoms with Gasteiger partial charge in [-0.1, -0.05) is 63.2 Å². The molecule has 0 aliphatic carbocycles. The average Bonchev–Trinajstić information content (AvgIpc) is 3.08. The number of hydrogen-bond acceptors (Lipinski definition) is 4. The highest BCUT2D eigenvalue weighted by molar-refractivity contribution is 6.74. The lowest BCUT2D eigenvalue weighted by molar-refractivity contribution is 0.151. The van der Waals surface area contributed by atoms with Gasteiger partial charge in [0.25, 0.3) is 0 Å². The number of rotatable bonds is 8. The molecule has 3 aromatic rings. The Labute approximate surface area is 169 Å². The molecule has 0 aliphatic rings. The summed E-state index contributed by atoms with van der Waals surface area (Å²) in [4.78, 5) is 4.71. The Morgan fingerprint density at radius 3 is 2.39 bits per heavy atom. The van der Waals surface area contributed by atoms with E-state index in [1.54, 1.807) is 0 Å². The number of fused-ring (bicyclic) bond motifs is 1. The molecule has 0 amide bonds. The van der Waals surface area contributed by atoms with E-state index in [-0.39, 0.29) is 11.1 Å². The summed E-state index contributed by atoms with van der Waals surface area (Å²) in [5.74, 6) is 0.665. The maximum absolute atomic E-state index is 6.69. The van der Waals surface area contributed by atoms with E-state index < -0.39 is 8.32 Å². The third kappa shape index (κ3) is 5.10. The van der Waals surface area contributed by atoms with E-state index in [4.69, 9.17) is 13.8 Å². The molecule has 0 spiro atoms. The lowest BCUT2D eigenvalue weighted by Crippen LogP contribution is -2.43. The Bertz CT molecular complexity index is 851. The third-order valence-corrected chi connectivity index (χ3v) is 10.1. The van der Waals surface area contributed by atoms with Gasteiger partial charge < -0.3 is 14.2 Å². The van der Waals surface area contributed by atoms with Crippen LogP contribution in [0.15, 0.2) is 59.0 Å². The van der Waals surface area contributed by atoms with Crippen molar-refractivity contribution in [1.82, 2.24) is 10.3 Å². The predicted molar refractivity (Wildman–Crippen MR) is 118 cm³/mol. The van der Waals surface area contributed by atoms with Crippen molar-refractivity contribution in [2.75, 3.05) is 13.1 Å². The molecule has 0 bridgehead atoms. The van der Waals surface area contributed by atoms with Crippen molar-refractivity contribution in [3.63, 3.8) is 0 Å². The quantitative estimate of drug-likeness (QED) is 0.390. The fourth-order valence-corrected chi connectivity index (χ4v) is 4.10. The Morgan fingerprint density at radius 1 is 1.04 bits per heavy atom. The highest BCUT2D eigenvalue weighted by Crippen LogP contribution is 2.39. The molecule has 4 nitrogen and oxygen atoms in total. The van der Waals surface area contributed by atoms with Crippen molar-refractivity contribution in [1.29, 1.82) is 0 Å². The molecule has 0 radical (unpaired) electrons. The van der Waals surface area contributed by atoms with Crippen LogP contribution < -0.4 is 5.32 Å². The molecule has 1 atom stereocenters. The van der Waals surface area contributed by atoms with Crippen LogP contribution >= 0.6 is 0 Å². The number of benzene rings is 2. The van der Waals surface area contributed by atoms with E-state index in [2.05, 4.69) is 63.4 Å². The molecule has 0 aliphatic heterocycles. The fourth-order valence-electron chi connectivity index (χ4n) is 2.85. The van der Waals surface area contributed by atoms with Gasteiger partial charge in [0.2, 0.25) is 5.89 Å². The third-order valence-electron chi connectivity index (χ3n) is 5.59. The van der Waals surface area contributed by atoms with E-state index in [0.29, 0.717) is 12.4 Å². The fraction of sp³-hybridized carbons (Fsp3) is 0.435. The molecule has 1 N–H and O–H groups in total. The maximum atomic E-state index is 6.69. The van der Waals surface area contributed by atoms with Gasteiger partial charge in [0.05, 0.1) is 0 Å². The number of oxazole rings is 1. The number of nitrogens with zero attached hydrogens (tertiary/aromatic N) is 1.